The third-order valence-corrected chi connectivity index (χ3v) is 2.02. The zero-order valence-corrected chi connectivity index (χ0v) is 9.81. The molecule has 0 saturated carbocycles. The first kappa shape index (κ1) is 14.3. The highest BCUT2D eigenvalue weighted by Crippen LogP contribution is 2.25. The molecule has 1 N–H and O–H groups in total. The Kier molecular flexibility index (Phi) is 5.72. The molecule has 0 aromatic heterocycles. The van der Waals surface area contributed by atoms with Crippen molar-refractivity contribution >= 4 is 5.91 Å². The summed E-state index contributed by atoms with van der Waals surface area (Å²) in [5.74, 6) is -4.52. The Hall–Kier alpha value is -0.710. The first-order chi connectivity index (χ1) is 6.81. The lowest BCUT2D eigenvalue weighted by Gasteiger charge is -2.24. The van der Waals surface area contributed by atoms with Crippen LogP contribution in [0.3, 0.4) is 0 Å². The summed E-state index contributed by atoms with van der Waals surface area (Å²) in [4.78, 5) is 12.4. The van der Waals surface area contributed by atoms with Crippen LogP contribution in [0.25, 0.3) is 0 Å². The van der Waals surface area contributed by atoms with Crippen LogP contribution in [-0.4, -0.2) is 43.9 Å². The van der Waals surface area contributed by atoms with Gasteiger partial charge in [-0.25, -0.2) is 0 Å². The highest BCUT2D eigenvalue weighted by atomic mass is 19.3. The molecule has 1 amide bonds. The SMILES string of the molecule is CNCCN(C)C(=O)C(F)(F)CC(C)C. The molecule has 0 bridgehead atoms. The summed E-state index contributed by atoms with van der Waals surface area (Å²) in [7, 11) is 3.11. The molecule has 0 aliphatic heterocycles. The Balaban J connectivity index is 4.27. The summed E-state index contributed by atoms with van der Waals surface area (Å²) in [6.07, 6.45) is -0.393. The molecule has 5 heteroatoms. The molecule has 0 radical (unpaired) electrons. The molecular formula is C10H20F2N2O. The van der Waals surface area contributed by atoms with Crippen molar-refractivity contribution < 1.29 is 13.6 Å². The van der Waals surface area contributed by atoms with E-state index in [1.54, 1.807) is 20.9 Å². The van der Waals surface area contributed by atoms with Crippen molar-refractivity contribution in [2.75, 3.05) is 27.2 Å². The van der Waals surface area contributed by atoms with Crippen molar-refractivity contribution in [3.63, 3.8) is 0 Å². The second-order valence-electron chi connectivity index (χ2n) is 4.13. The monoisotopic (exact) mass is 222 g/mol. The number of hydrogen-bond donors (Lipinski definition) is 1. The van der Waals surface area contributed by atoms with Crippen LogP contribution in [0.1, 0.15) is 20.3 Å². The van der Waals surface area contributed by atoms with Gasteiger partial charge in [0, 0.05) is 26.6 Å². The maximum Gasteiger partial charge on any atom is 0.325 e. The molecular weight excluding hydrogens is 202 g/mol. The van der Waals surface area contributed by atoms with Gasteiger partial charge < -0.3 is 10.2 Å². The van der Waals surface area contributed by atoms with Crippen LogP contribution < -0.4 is 5.32 Å². The lowest BCUT2D eigenvalue weighted by atomic mass is 10.0. The minimum absolute atomic E-state index is 0.193. The van der Waals surface area contributed by atoms with Gasteiger partial charge >= 0.3 is 5.92 Å². The topological polar surface area (TPSA) is 32.3 Å². The van der Waals surface area contributed by atoms with Gasteiger partial charge in [-0.1, -0.05) is 13.8 Å². The van der Waals surface area contributed by atoms with Crippen LogP contribution in [0.5, 0.6) is 0 Å². The van der Waals surface area contributed by atoms with Gasteiger partial charge in [-0.05, 0) is 13.0 Å². The Bertz CT molecular complexity index is 208. The van der Waals surface area contributed by atoms with Gasteiger partial charge in [0.1, 0.15) is 0 Å². The molecule has 0 aromatic rings. The highest BCUT2D eigenvalue weighted by Gasteiger charge is 2.41. The van der Waals surface area contributed by atoms with Crippen molar-refractivity contribution in [3.05, 3.63) is 0 Å². The van der Waals surface area contributed by atoms with Gasteiger partial charge in [-0.3, -0.25) is 4.79 Å². The van der Waals surface area contributed by atoms with Crippen LogP contribution in [0.4, 0.5) is 8.78 Å². The third-order valence-electron chi connectivity index (χ3n) is 2.02. The van der Waals surface area contributed by atoms with Gasteiger partial charge in [0.2, 0.25) is 0 Å². The van der Waals surface area contributed by atoms with Gasteiger partial charge in [0.25, 0.3) is 5.91 Å². The van der Waals surface area contributed by atoms with E-state index in [1.165, 1.54) is 7.05 Å². The van der Waals surface area contributed by atoms with E-state index >= 15 is 0 Å². The van der Waals surface area contributed by atoms with Gasteiger partial charge in [0.15, 0.2) is 0 Å². The molecule has 0 atom stereocenters. The Labute approximate surface area is 89.8 Å². The van der Waals surface area contributed by atoms with E-state index in [0.29, 0.717) is 13.1 Å². The molecule has 0 unspecified atom stereocenters. The Morgan fingerprint density at radius 2 is 2.00 bits per heavy atom. The van der Waals surface area contributed by atoms with E-state index in [0.717, 1.165) is 4.90 Å². The quantitative estimate of drug-likeness (QED) is 0.735. The van der Waals surface area contributed by atoms with E-state index in [2.05, 4.69) is 5.32 Å². The Morgan fingerprint density at radius 3 is 2.40 bits per heavy atom. The third kappa shape index (κ3) is 5.06. The number of nitrogens with zero attached hydrogens (tertiary/aromatic N) is 1. The number of carbonyl (C=O) groups excluding carboxylic acids is 1. The normalized spacial score (nSPS) is 11.9. The number of nitrogens with one attached hydrogen (secondary N) is 1. The number of halogens is 2. The molecule has 0 spiro atoms. The van der Waals surface area contributed by atoms with Crippen molar-refractivity contribution in [3.8, 4) is 0 Å². The smallest absolute Gasteiger partial charge is 0.325 e. The fourth-order valence-electron chi connectivity index (χ4n) is 1.26. The summed E-state index contributed by atoms with van der Waals surface area (Å²) in [5.41, 5.74) is 0. The van der Waals surface area contributed by atoms with E-state index in [-0.39, 0.29) is 5.92 Å². The van der Waals surface area contributed by atoms with Crippen LogP contribution in [0.15, 0.2) is 0 Å². The average Bonchev–Trinajstić information content (AvgIpc) is 2.10. The van der Waals surface area contributed by atoms with Gasteiger partial charge in [0.05, 0.1) is 0 Å². The summed E-state index contributed by atoms with van der Waals surface area (Å²) in [6.45, 7) is 4.16. The first-order valence-corrected chi connectivity index (χ1v) is 5.09. The van der Waals surface area contributed by atoms with E-state index < -0.39 is 18.3 Å². The number of amides is 1. The van der Waals surface area contributed by atoms with Crippen molar-refractivity contribution in [2.45, 2.75) is 26.2 Å². The van der Waals surface area contributed by atoms with Crippen LogP contribution >= 0.6 is 0 Å². The zero-order valence-electron chi connectivity index (χ0n) is 9.81. The molecule has 0 fully saturated rings. The number of rotatable bonds is 6. The summed E-state index contributed by atoms with van der Waals surface area (Å²) in [5, 5.41) is 2.81. The first-order valence-electron chi connectivity index (χ1n) is 5.09. The molecule has 0 rings (SSSR count). The number of alkyl halides is 2. The highest BCUT2D eigenvalue weighted by molar-refractivity contribution is 5.83. The molecule has 0 heterocycles. The van der Waals surface area contributed by atoms with E-state index in [9.17, 15) is 13.6 Å². The minimum atomic E-state index is -3.24. The molecule has 3 nitrogen and oxygen atoms in total. The second kappa shape index (κ2) is 6.00. The van der Waals surface area contributed by atoms with Crippen molar-refractivity contribution in [1.82, 2.24) is 10.2 Å². The minimum Gasteiger partial charge on any atom is -0.339 e. The summed E-state index contributed by atoms with van der Waals surface area (Å²) in [6, 6.07) is 0. The largest absolute Gasteiger partial charge is 0.339 e. The lowest BCUT2D eigenvalue weighted by molar-refractivity contribution is -0.158. The van der Waals surface area contributed by atoms with Gasteiger partial charge in [-0.2, -0.15) is 8.78 Å². The predicted octanol–water partition coefficient (Wildman–Crippen LogP) is 1.35. The van der Waals surface area contributed by atoms with Crippen LogP contribution in [0, 0.1) is 5.92 Å². The molecule has 0 aromatic carbocycles. The molecule has 90 valence electrons. The van der Waals surface area contributed by atoms with Crippen molar-refractivity contribution in [2.24, 2.45) is 5.92 Å². The molecule has 0 saturated heterocycles. The van der Waals surface area contributed by atoms with Crippen LogP contribution in [-0.2, 0) is 4.79 Å². The lowest BCUT2D eigenvalue weighted by Crippen LogP contribution is -2.44. The second-order valence-corrected chi connectivity index (χ2v) is 4.13. The van der Waals surface area contributed by atoms with Crippen LogP contribution in [0.2, 0.25) is 0 Å². The van der Waals surface area contributed by atoms with E-state index in [4.69, 9.17) is 0 Å². The Morgan fingerprint density at radius 1 is 1.47 bits per heavy atom. The summed E-state index contributed by atoms with van der Waals surface area (Å²) >= 11 is 0. The van der Waals surface area contributed by atoms with Gasteiger partial charge in [-0.15, -0.1) is 0 Å². The zero-order chi connectivity index (χ0) is 12.1. The molecule has 0 aliphatic rings. The maximum atomic E-state index is 13.3. The van der Waals surface area contributed by atoms with E-state index in [1.807, 2.05) is 0 Å². The molecule has 0 aliphatic carbocycles. The molecule has 15 heavy (non-hydrogen) atoms. The number of hydrogen-bond acceptors (Lipinski definition) is 2. The predicted molar refractivity (Wildman–Crippen MR) is 56.0 cm³/mol. The maximum absolute atomic E-state index is 13.3. The van der Waals surface area contributed by atoms with Crippen molar-refractivity contribution in [1.29, 1.82) is 0 Å². The fraction of sp³-hybridized carbons (Fsp3) is 0.900. The average molecular weight is 222 g/mol. The number of carbonyl (C=O) groups is 1. The standard InChI is InChI=1S/C10H20F2N2O/c1-8(2)7-10(11,12)9(15)14(4)6-5-13-3/h8,13H,5-7H2,1-4H3. The summed E-state index contributed by atoms with van der Waals surface area (Å²) < 4.78 is 26.7. The number of likely N-dealkylation sites (N-methyl/N-ethyl adjacent to an activating group) is 2. The fourth-order valence-corrected chi connectivity index (χ4v) is 1.26.